The Balaban J connectivity index is 2.31. The molecule has 0 amide bonds. The molecule has 1 saturated carbocycles. The maximum Gasteiger partial charge on any atom is 0.0883 e. The zero-order valence-corrected chi connectivity index (χ0v) is 14.0. The highest BCUT2D eigenvalue weighted by atomic mass is 16.3. The van der Waals surface area contributed by atoms with Crippen molar-refractivity contribution in [2.75, 3.05) is 0 Å². The Bertz CT molecular complexity index is 467. The summed E-state index contributed by atoms with van der Waals surface area (Å²) < 4.78 is 0. The summed E-state index contributed by atoms with van der Waals surface area (Å²) in [6.07, 6.45) is 2.47. The molecule has 0 aliphatic heterocycles. The molecule has 0 heterocycles. The second kappa shape index (κ2) is 6.69. The van der Waals surface area contributed by atoms with Crippen LogP contribution in [0.2, 0.25) is 0 Å². The van der Waals surface area contributed by atoms with Crippen LogP contribution in [0.4, 0.5) is 0 Å². The Morgan fingerprint density at radius 3 is 2.23 bits per heavy atom. The molecular weight excluding hydrogens is 276 g/mol. The Hall–Kier alpha value is -0.900. The molecule has 0 saturated heterocycles. The molecule has 5 atom stereocenters. The number of rotatable bonds is 1. The Labute approximate surface area is 134 Å². The van der Waals surface area contributed by atoms with Gasteiger partial charge < -0.3 is 15.3 Å². The van der Waals surface area contributed by atoms with E-state index in [0.717, 1.165) is 18.4 Å². The molecule has 1 aromatic carbocycles. The molecule has 22 heavy (non-hydrogen) atoms. The molecule has 0 spiro atoms. The van der Waals surface area contributed by atoms with Crippen LogP contribution in [-0.4, -0.2) is 32.6 Å². The van der Waals surface area contributed by atoms with Gasteiger partial charge in [0.05, 0.1) is 17.3 Å². The van der Waals surface area contributed by atoms with E-state index >= 15 is 0 Å². The van der Waals surface area contributed by atoms with Crippen LogP contribution >= 0.6 is 0 Å². The smallest absolute Gasteiger partial charge is 0.0883 e. The molecule has 3 N–H and O–H groups in total. The molecule has 1 aliphatic rings. The minimum atomic E-state index is -1.13. The van der Waals surface area contributed by atoms with E-state index < -0.39 is 17.3 Å². The van der Waals surface area contributed by atoms with Crippen LogP contribution < -0.4 is 0 Å². The second-order valence-electron chi connectivity index (χ2n) is 7.77. The van der Waals surface area contributed by atoms with Gasteiger partial charge in [-0.2, -0.15) is 0 Å². The predicted molar refractivity (Wildman–Crippen MR) is 88.7 cm³/mol. The Morgan fingerprint density at radius 2 is 1.59 bits per heavy atom. The fraction of sp³-hybridized carbons (Fsp3) is 0.684. The van der Waals surface area contributed by atoms with Crippen LogP contribution in [0.5, 0.6) is 0 Å². The van der Waals surface area contributed by atoms with Crippen molar-refractivity contribution in [1.29, 1.82) is 0 Å². The van der Waals surface area contributed by atoms with Gasteiger partial charge in [-0.15, -0.1) is 0 Å². The van der Waals surface area contributed by atoms with Crippen LogP contribution in [0, 0.1) is 5.92 Å². The Morgan fingerprint density at radius 1 is 0.955 bits per heavy atom. The van der Waals surface area contributed by atoms with Gasteiger partial charge in [0.2, 0.25) is 0 Å². The van der Waals surface area contributed by atoms with Gasteiger partial charge in [-0.1, -0.05) is 37.3 Å². The van der Waals surface area contributed by atoms with Crippen molar-refractivity contribution in [2.24, 2.45) is 5.92 Å². The quantitative estimate of drug-likeness (QED) is 0.746. The van der Waals surface area contributed by atoms with Gasteiger partial charge in [0.15, 0.2) is 0 Å². The summed E-state index contributed by atoms with van der Waals surface area (Å²) in [5.74, 6) is 0.362. The molecule has 124 valence electrons. The summed E-state index contributed by atoms with van der Waals surface area (Å²) >= 11 is 0. The van der Waals surface area contributed by atoms with Gasteiger partial charge in [-0.3, -0.25) is 0 Å². The first-order valence-corrected chi connectivity index (χ1v) is 8.37. The monoisotopic (exact) mass is 306 g/mol. The van der Waals surface area contributed by atoms with Gasteiger partial charge >= 0.3 is 0 Å². The number of hydrogen-bond donors (Lipinski definition) is 3. The summed E-state index contributed by atoms with van der Waals surface area (Å²) in [6.45, 7) is 5.72. The SMILES string of the molecule is C[C@@H]1CC[C@@H](O)[C@](C)(O)C[C@H](c2ccccc2)C[C@@](C)(O)C1. The van der Waals surface area contributed by atoms with E-state index in [-0.39, 0.29) is 5.92 Å². The van der Waals surface area contributed by atoms with Crippen molar-refractivity contribution >= 4 is 0 Å². The number of benzene rings is 1. The highest BCUT2D eigenvalue weighted by Gasteiger charge is 2.38. The van der Waals surface area contributed by atoms with E-state index in [1.165, 1.54) is 0 Å². The normalized spacial score (nSPS) is 41.1. The van der Waals surface area contributed by atoms with Gasteiger partial charge in [-0.05, 0) is 63.4 Å². The summed E-state index contributed by atoms with van der Waals surface area (Å²) in [5.41, 5.74) is -0.769. The van der Waals surface area contributed by atoms with E-state index in [0.29, 0.717) is 25.2 Å². The lowest BCUT2D eigenvalue weighted by Crippen LogP contribution is -2.43. The molecule has 1 fully saturated rings. The summed E-state index contributed by atoms with van der Waals surface area (Å²) in [5, 5.41) is 31.9. The molecule has 3 heteroatoms. The number of aliphatic hydroxyl groups excluding tert-OH is 1. The summed E-state index contributed by atoms with van der Waals surface area (Å²) in [7, 11) is 0. The predicted octanol–water partition coefficient (Wildman–Crippen LogP) is 3.23. The van der Waals surface area contributed by atoms with Crippen molar-refractivity contribution in [3.63, 3.8) is 0 Å². The third-order valence-corrected chi connectivity index (χ3v) is 5.06. The molecule has 0 bridgehead atoms. The number of hydrogen-bond acceptors (Lipinski definition) is 3. The van der Waals surface area contributed by atoms with Gasteiger partial charge in [0.1, 0.15) is 0 Å². The minimum absolute atomic E-state index is 0.0335. The lowest BCUT2D eigenvalue weighted by molar-refractivity contribution is -0.0867. The largest absolute Gasteiger partial charge is 0.390 e. The van der Waals surface area contributed by atoms with Crippen LogP contribution in [0.25, 0.3) is 0 Å². The molecule has 2 rings (SSSR count). The molecule has 0 aromatic heterocycles. The van der Waals surface area contributed by atoms with Crippen LogP contribution in [0.15, 0.2) is 30.3 Å². The number of aliphatic hydroxyl groups is 3. The molecule has 3 nitrogen and oxygen atoms in total. The fourth-order valence-electron chi connectivity index (χ4n) is 3.89. The molecular formula is C19H30O3. The van der Waals surface area contributed by atoms with E-state index in [4.69, 9.17) is 0 Å². The first kappa shape index (κ1) is 17.5. The van der Waals surface area contributed by atoms with Crippen molar-refractivity contribution < 1.29 is 15.3 Å². The maximum absolute atomic E-state index is 10.8. The Kier molecular flexibility index (Phi) is 5.31. The topological polar surface area (TPSA) is 60.7 Å². The zero-order valence-electron chi connectivity index (χ0n) is 14.0. The van der Waals surface area contributed by atoms with E-state index in [1.807, 2.05) is 37.3 Å². The van der Waals surface area contributed by atoms with Crippen molar-refractivity contribution in [1.82, 2.24) is 0 Å². The van der Waals surface area contributed by atoms with Gasteiger partial charge in [-0.25, -0.2) is 0 Å². The second-order valence-corrected chi connectivity index (χ2v) is 7.77. The zero-order chi connectivity index (χ0) is 16.4. The highest BCUT2D eigenvalue weighted by Crippen LogP contribution is 2.39. The maximum atomic E-state index is 10.8. The van der Waals surface area contributed by atoms with Crippen molar-refractivity contribution in [3.8, 4) is 0 Å². The first-order valence-electron chi connectivity index (χ1n) is 8.37. The van der Waals surface area contributed by atoms with Crippen LogP contribution in [0.3, 0.4) is 0 Å². The summed E-state index contributed by atoms with van der Waals surface area (Å²) in [6, 6.07) is 10.0. The van der Waals surface area contributed by atoms with Crippen LogP contribution in [-0.2, 0) is 0 Å². The van der Waals surface area contributed by atoms with Crippen LogP contribution in [0.1, 0.15) is 64.4 Å². The minimum Gasteiger partial charge on any atom is -0.390 e. The highest BCUT2D eigenvalue weighted by molar-refractivity contribution is 5.21. The van der Waals surface area contributed by atoms with E-state index in [2.05, 4.69) is 6.92 Å². The standard InChI is InChI=1S/C19H30O3/c1-14-9-10-17(20)19(3,22)13-16(12-18(2,21)11-14)15-7-5-4-6-8-15/h4-8,14,16-17,20-22H,9-13H2,1-3H3/t14-,16-,17-,18+,19-/m1/s1. The first-order chi connectivity index (χ1) is 10.2. The lowest BCUT2D eigenvalue weighted by atomic mass is 9.73. The van der Waals surface area contributed by atoms with Crippen molar-refractivity contribution in [2.45, 2.75) is 76.1 Å². The molecule has 1 aromatic rings. The fourth-order valence-corrected chi connectivity index (χ4v) is 3.89. The van der Waals surface area contributed by atoms with E-state index in [1.54, 1.807) is 6.92 Å². The average molecular weight is 306 g/mol. The van der Waals surface area contributed by atoms with Gasteiger partial charge in [0.25, 0.3) is 0 Å². The van der Waals surface area contributed by atoms with Gasteiger partial charge in [0, 0.05) is 0 Å². The average Bonchev–Trinajstić information content (AvgIpc) is 2.43. The molecule has 0 unspecified atom stereocenters. The molecule has 1 aliphatic carbocycles. The molecule has 0 radical (unpaired) electrons. The lowest BCUT2D eigenvalue weighted by Gasteiger charge is -2.39. The van der Waals surface area contributed by atoms with E-state index in [9.17, 15) is 15.3 Å². The third-order valence-electron chi connectivity index (χ3n) is 5.06. The third kappa shape index (κ3) is 4.55. The van der Waals surface area contributed by atoms with Crippen molar-refractivity contribution in [3.05, 3.63) is 35.9 Å². The summed E-state index contributed by atoms with van der Waals surface area (Å²) in [4.78, 5) is 0.